The molecule has 6 aliphatic rings. The van der Waals surface area contributed by atoms with E-state index in [-0.39, 0.29) is 133 Å². The molecule has 42 heteroatoms. The largest absolute Gasteiger partial charge is 0.573 e. The van der Waals surface area contributed by atoms with Gasteiger partial charge in [-0.25, -0.2) is 43.9 Å². The molecule has 7 aromatic carbocycles. The van der Waals surface area contributed by atoms with E-state index < -0.39 is 250 Å². The Morgan fingerprint density at radius 3 is 0.652 bits per heavy atom. The number of alkyl halides is 9. The number of fused-ring (bicyclic) bond motifs is 6. The number of rotatable bonds is 9. The molecular weight excluding hydrogens is 1860 g/mol. The third-order valence-electron chi connectivity index (χ3n) is 22.4. The summed E-state index contributed by atoms with van der Waals surface area (Å²) in [5.41, 5.74) is -10.2. The molecule has 0 radical (unpaired) electrons. The highest BCUT2D eigenvalue weighted by Crippen LogP contribution is 2.48. The molecule has 6 aliphatic carbocycles. The lowest BCUT2D eigenvalue weighted by Crippen LogP contribution is -2.26. The Morgan fingerprint density at radius 1 is 0.283 bits per heavy atom. The van der Waals surface area contributed by atoms with E-state index in [0.29, 0.717) is 36.4 Å². The van der Waals surface area contributed by atoms with Crippen LogP contribution in [0, 0.1) is 212 Å². The summed E-state index contributed by atoms with van der Waals surface area (Å²) in [5, 5.41) is 74.6. The first-order valence-corrected chi connectivity index (χ1v) is 38.1. The molecule has 9 aromatic rings. The summed E-state index contributed by atoms with van der Waals surface area (Å²) < 4.78 is 343. The summed E-state index contributed by atoms with van der Waals surface area (Å²) in [6.07, 6.45) is -19.6. The van der Waals surface area contributed by atoms with Crippen LogP contribution in [0.3, 0.4) is 0 Å². The average Bonchev–Trinajstić information content (AvgIpc) is 1.55. The van der Waals surface area contributed by atoms with Gasteiger partial charge in [0.25, 0.3) is 0 Å². The first-order valence-electron chi connectivity index (χ1n) is 38.1. The van der Waals surface area contributed by atoms with Gasteiger partial charge in [0.05, 0.1) is 16.7 Å². The lowest BCUT2D eigenvalue weighted by atomic mass is 9.86. The Morgan fingerprint density at radius 2 is 0.464 bits per heavy atom. The molecule has 0 atom stereocenters. The van der Waals surface area contributed by atoms with E-state index in [9.17, 15) is 126 Å². The summed E-state index contributed by atoms with van der Waals surface area (Å²) in [4.78, 5) is 25.3. The van der Waals surface area contributed by atoms with Gasteiger partial charge in [0.15, 0.2) is 34.9 Å². The normalized spacial score (nSPS) is 13.3. The fourth-order valence-corrected chi connectivity index (χ4v) is 17.4. The third kappa shape index (κ3) is 17.1. The van der Waals surface area contributed by atoms with Gasteiger partial charge < -0.3 is 14.2 Å². The van der Waals surface area contributed by atoms with Crippen LogP contribution in [-0.4, -0.2) is 29.1 Å². The van der Waals surface area contributed by atoms with Crippen molar-refractivity contribution in [2.75, 3.05) is 0 Å². The molecule has 15 rings (SSSR count). The van der Waals surface area contributed by atoms with Crippen molar-refractivity contribution in [1.82, 2.24) is 9.97 Å². The topological polar surface area (TPSA) is 270 Å². The Kier molecular flexibility index (Phi) is 25.7. The smallest absolute Gasteiger partial charge is 0.405 e. The van der Waals surface area contributed by atoms with E-state index in [4.69, 9.17) is 39.4 Å². The first-order chi connectivity index (χ1) is 65.2. The van der Waals surface area contributed by atoms with E-state index in [2.05, 4.69) is 53.2 Å². The number of nitrogens with zero attached hydrogens (tertiary/aromatic N) is 16. The predicted octanol–water partition coefficient (Wildman–Crippen LogP) is 19.5. The molecular formula is C96H33F23N16O3. The number of allylic oxidation sites excluding steroid dienone is 6. The molecule has 0 unspecified atom stereocenters. The van der Waals surface area contributed by atoms with Crippen LogP contribution in [0.4, 0.5) is 101 Å². The number of benzene rings is 7. The zero-order chi connectivity index (χ0) is 101. The monoisotopic (exact) mass is 1890 g/mol. The minimum Gasteiger partial charge on any atom is -0.405 e. The van der Waals surface area contributed by atoms with Gasteiger partial charge in [-0.1, -0.05) is 0 Å². The van der Waals surface area contributed by atoms with Gasteiger partial charge in [-0.05, 0) is 221 Å². The number of nitriles is 8. The highest BCUT2D eigenvalue weighted by atomic mass is 19.4. The van der Waals surface area contributed by atoms with Crippen LogP contribution in [0.5, 0.6) is 0 Å². The van der Waals surface area contributed by atoms with Crippen molar-refractivity contribution in [3.05, 3.63) is 367 Å². The summed E-state index contributed by atoms with van der Waals surface area (Å²) >= 11 is 0. The van der Waals surface area contributed by atoms with Gasteiger partial charge in [0.2, 0.25) is 23.8 Å². The SMILES string of the molecule is [C-]#[N+]C([N+]#[C-])=C1Cc2c(-c3cc(F)c(C#N)c(F)c3)c3c(c(-c4cc(F)c(C#N)c(F)c4)c2=C1C)CC(=C(C#N)C#N)C=3OC(F)(F)F.[C-]#[N+]C([N+]#[C-])=C1Cc2c(-c3cc(F)c(F)c(F)c3)c3c(c(-c4cc(F)c(F)c(F)c4)c2=C1C)CC(=C(C#N)C#N)C=3OC(F)(F)F.[C-]#[N+]C([N+]#[C-])=C1Cc2c(-c3cc(F)nc(F)c3)c3c(c(-c4cc(F)nc(F)c4)c2=C1C)CC(=C(C#N)C#N)C=3OC(F)(F)F. The Balaban J connectivity index is 0.000000175. The van der Waals surface area contributed by atoms with Crippen LogP contribution in [0.25, 0.3) is 130 Å². The zero-order valence-electron chi connectivity index (χ0n) is 68.7. The molecule has 2 aromatic heterocycles. The average molecular weight is 1900 g/mol. The summed E-state index contributed by atoms with van der Waals surface area (Å²) in [6, 6.07) is 19.5. The Labute approximate surface area is 758 Å². The van der Waals surface area contributed by atoms with Gasteiger partial charge >= 0.3 is 36.5 Å². The maximum atomic E-state index is 15.1. The molecule has 138 heavy (non-hydrogen) atoms. The fourth-order valence-electron chi connectivity index (χ4n) is 17.4. The summed E-state index contributed by atoms with van der Waals surface area (Å²) in [5.74, 6) is -26.1. The molecule has 0 spiro atoms. The molecule has 2 heterocycles. The molecule has 0 saturated heterocycles. The van der Waals surface area contributed by atoms with E-state index in [1.165, 1.54) is 69.3 Å². The van der Waals surface area contributed by atoms with Crippen molar-refractivity contribution in [3.8, 4) is 115 Å². The molecule has 0 bridgehead atoms. The van der Waals surface area contributed by atoms with Crippen LogP contribution >= 0.6 is 0 Å². The number of hydrogen-bond acceptors (Lipinski definition) is 13. The van der Waals surface area contributed by atoms with Crippen molar-refractivity contribution in [2.24, 2.45) is 0 Å². The summed E-state index contributed by atoms with van der Waals surface area (Å²) in [6.45, 7) is 49.1. The van der Waals surface area contributed by atoms with Crippen LogP contribution in [0.15, 0.2) is 140 Å². The molecule has 0 saturated carbocycles. The van der Waals surface area contributed by atoms with Crippen molar-refractivity contribution >= 4 is 34.0 Å². The summed E-state index contributed by atoms with van der Waals surface area (Å²) in [7, 11) is 0. The number of hydrogen-bond donors (Lipinski definition) is 0. The lowest BCUT2D eigenvalue weighted by molar-refractivity contribution is -0.291. The molecule has 0 N–H and O–H groups in total. The second kappa shape index (κ2) is 36.7. The van der Waals surface area contributed by atoms with Gasteiger partial charge in [0.1, 0.15) is 156 Å². The number of ether oxygens (including phenoxy) is 3. The lowest BCUT2D eigenvalue weighted by Gasteiger charge is -2.18. The molecule has 0 fully saturated rings. The Bertz CT molecular complexity index is 8300. The van der Waals surface area contributed by atoms with Gasteiger partial charge in [0, 0.05) is 75.9 Å². The molecule has 676 valence electrons. The van der Waals surface area contributed by atoms with E-state index in [1.807, 2.05) is 0 Å². The third-order valence-corrected chi connectivity index (χ3v) is 22.4. The Hall–Kier alpha value is -18.9. The molecule has 19 nitrogen and oxygen atoms in total. The minimum atomic E-state index is -5.49. The maximum Gasteiger partial charge on any atom is 0.573 e. The van der Waals surface area contributed by atoms with Crippen molar-refractivity contribution in [3.63, 3.8) is 0 Å². The van der Waals surface area contributed by atoms with Crippen LogP contribution < -0.4 is 31.3 Å². The second-order valence-corrected chi connectivity index (χ2v) is 29.6. The van der Waals surface area contributed by atoms with Gasteiger partial charge in [-0.15, -0.1) is 39.5 Å². The van der Waals surface area contributed by atoms with E-state index in [0.717, 1.165) is 36.4 Å². The van der Waals surface area contributed by atoms with Crippen LogP contribution in [-0.2, 0) is 52.7 Å². The van der Waals surface area contributed by atoms with E-state index in [1.54, 1.807) is 0 Å². The van der Waals surface area contributed by atoms with Crippen molar-refractivity contribution in [1.29, 1.82) is 42.1 Å². The first kappa shape index (κ1) is 96.7. The van der Waals surface area contributed by atoms with Crippen LogP contribution in [0.2, 0.25) is 0 Å². The van der Waals surface area contributed by atoms with E-state index >= 15 is 17.6 Å². The zero-order valence-corrected chi connectivity index (χ0v) is 68.7. The number of halogens is 23. The van der Waals surface area contributed by atoms with Gasteiger partial charge in [-0.3, -0.25) is 0 Å². The second-order valence-electron chi connectivity index (χ2n) is 29.6. The standard InChI is InChI=1S/C34H11F7N6O.C32H11F9N4O.C30H11F7N6O/c1-14-18(33(46-2)47-3)8-20-28(14)29(15-4-24(35)22(12-44)25(36)5-15)21-9-19(17(10-42)11-43)32(48-34(39,40)41)31(21)30(20)16-6-26(37)23(13-45)27(38)7-16;1-12-16(31(44-2)45-3)8-18-24(12)25(13-4-20(33)28(37)21(34)5-13)19-9-17(15(10-42)11-43)30(46-32(39,40)41)27(19)26(18)14-6-22(35)29(38)23(36)7-14;1-12-16(29(40-2)41-3)8-18-24(12)25(13-4-20(31)42-21(32)5-13)19-9-17(15(10-38)11-39)28(44-30(35,36)37)27(19)26(18)14-6-22(33)43-23(34)7-14/h4-7H,8-9H2,1H3;4-7H,8-9H2,1H3;4-7H,8-9H2,1H3. The van der Waals surface area contributed by atoms with Crippen LogP contribution in [0.1, 0.15) is 65.3 Å². The number of aromatic nitrogens is 2. The predicted molar refractivity (Wildman–Crippen MR) is 431 cm³/mol. The molecule has 0 aliphatic heterocycles. The van der Waals surface area contributed by atoms with Crippen molar-refractivity contribution < 1.29 is 115 Å². The highest BCUT2D eigenvalue weighted by molar-refractivity contribution is 5.96. The highest BCUT2D eigenvalue weighted by Gasteiger charge is 2.46. The minimum absolute atomic E-state index is 0.000999. The maximum absolute atomic E-state index is 15.1. The fraction of sp³-hybridized carbons (Fsp3) is 0.125. The van der Waals surface area contributed by atoms with Crippen molar-refractivity contribution in [2.45, 2.75) is 78.4 Å². The van der Waals surface area contributed by atoms with Gasteiger partial charge in [-0.2, -0.15) is 98.7 Å². The number of pyridine rings is 2. The molecule has 0 amide bonds. The quantitative estimate of drug-likeness (QED) is 0.0428.